The molecule has 3 heteroatoms. The van der Waals surface area contributed by atoms with E-state index in [1.807, 2.05) is 6.92 Å². The zero-order valence-electron chi connectivity index (χ0n) is 8.99. The Morgan fingerprint density at radius 1 is 1.71 bits per heavy atom. The third-order valence-electron chi connectivity index (χ3n) is 2.88. The molecular formula is C11H18N2O. The molecule has 0 saturated carbocycles. The van der Waals surface area contributed by atoms with Gasteiger partial charge in [0.1, 0.15) is 5.78 Å². The minimum absolute atomic E-state index is 0.00171. The molecule has 1 fully saturated rings. The van der Waals surface area contributed by atoms with Crippen LogP contribution in [0.25, 0.3) is 0 Å². The van der Waals surface area contributed by atoms with Crippen molar-refractivity contribution in [3.05, 3.63) is 0 Å². The van der Waals surface area contributed by atoms with Gasteiger partial charge < -0.3 is 0 Å². The van der Waals surface area contributed by atoms with Gasteiger partial charge in [0.25, 0.3) is 0 Å². The summed E-state index contributed by atoms with van der Waals surface area (Å²) in [6.45, 7) is 4.63. The van der Waals surface area contributed by atoms with Crippen LogP contribution in [0.15, 0.2) is 0 Å². The maximum absolute atomic E-state index is 11.0. The number of carbonyl (C=O) groups excluding carboxylic acids is 1. The van der Waals surface area contributed by atoms with Gasteiger partial charge in [-0.2, -0.15) is 5.26 Å². The van der Waals surface area contributed by atoms with E-state index in [4.69, 9.17) is 5.26 Å². The van der Waals surface area contributed by atoms with Crippen LogP contribution >= 0.6 is 0 Å². The van der Waals surface area contributed by atoms with Crippen LogP contribution in [0.2, 0.25) is 0 Å². The zero-order valence-corrected chi connectivity index (χ0v) is 8.99. The lowest BCUT2D eigenvalue weighted by atomic mass is 10.1. The average molecular weight is 194 g/mol. The molecule has 0 radical (unpaired) electrons. The van der Waals surface area contributed by atoms with E-state index < -0.39 is 0 Å². The fourth-order valence-electron chi connectivity index (χ4n) is 2.22. The first-order valence-electron chi connectivity index (χ1n) is 5.33. The Labute approximate surface area is 85.7 Å². The van der Waals surface area contributed by atoms with Gasteiger partial charge in [-0.3, -0.25) is 9.69 Å². The van der Waals surface area contributed by atoms with Crippen molar-refractivity contribution in [3.8, 4) is 6.07 Å². The van der Waals surface area contributed by atoms with E-state index in [0.717, 1.165) is 25.8 Å². The van der Waals surface area contributed by atoms with Gasteiger partial charge in [-0.15, -0.1) is 0 Å². The Morgan fingerprint density at radius 3 is 2.93 bits per heavy atom. The lowest BCUT2D eigenvalue weighted by Gasteiger charge is -2.27. The SMILES string of the molecule is CCC(C#N)N1CCCC1CC(C)=O. The molecule has 1 aliphatic heterocycles. The number of hydrogen-bond acceptors (Lipinski definition) is 3. The van der Waals surface area contributed by atoms with Gasteiger partial charge in [-0.05, 0) is 32.7 Å². The van der Waals surface area contributed by atoms with Gasteiger partial charge in [-0.1, -0.05) is 6.92 Å². The van der Waals surface area contributed by atoms with E-state index in [1.165, 1.54) is 0 Å². The first kappa shape index (κ1) is 11.2. The molecule has 14 heavy (non-hydrogen) atoms. The van der Waals surface area contributed by atoms with E-state index in [0.29, 0.717) is 12.5 Å². The van der Waals surface area contributed by atoms with Crippen LogP contribution in [0.1, 0.15) is 39.5 Å². The molecule has 0 aromatic heterocycles. The minimum Gasteiger partial charge on any atom is -0.300 e. The Kier molecular flexibility index (Phi) is 4.09. The monoisotopic (exact) mass is 194 g/mol. The van der Waals surface area contributed by atoms with Crippen molar-refractivity contribution < 1.29 is 4.79 Å². The van der Waals surface area contributed by atoms with Gasteiger partial charge in [0.2, 0.25) is 0 Å². The van der Waals surface area contributed by atoms with Crippen LogP contribution < -0.4 is 0 Å². The third kappa shape index (κ3) is 2.55. The van der Waals surface area contributed by atoms with E-state index in [1.54, 1.807) is 6.92 Å². The number of nitrogens with zero attached hydrogens (tertiary/aromatic N) is 2. The van der Waals surface area contributed by atoms with Crippen LogP contribution in [-0.4, -0.2) is 29.3 Å². The number of carbonyl (C=O) groups is 1. The molecule has 2 atom stereocenters. The normalized spacial score (nSPS) is 24.5. The lowest BCUT2D eigenvalue weighted by Crippen LogP contribution is -2.38. The van der Waals surface area contributed by atoms with Crippen LogP contribution in [0, 0.1) is 11.3 Å². The van der Waals surface area contributed by atoms with Crippen LogP contribution in [0.4, 0.5) is 0 Å². The molecule has 2 unspecified atom stereocenters. The maximum Gasteiger partial charge on any atom is 0.131 e. The van der Waals surface area contributed by atoms with Gasteiger partial charge in [0.15, 0.2) is 0 Å². The van der Waals surface area contributed by atoms with Crippen molar-refractivity contribution >= 4 is 5.78 Å². The predicted molar refractivity (Wildman–Crippen MR) is 54.7 cm³/mol. The molecule has 0 aromatic rings. The van der Waals surface area contributed by atoms with Gasteiger partial charge >= 0.3 is 0 Å². The molecule has 0 amide bonds. The molecule has 1 aliphatic rings. The maximum atomic E-state index is 11.0. The van der Waals surface area contributed by atoms with E-state index in [2.05, 4.69) is 11.0 Å². The highest BCUT2D eigenvalue weighted by atomic mass is 16.1. The molecule has 1 heterocycles. The number of ketones is 1. The Hall–Kier alpha value is -0.880. The topological polar surface area (TPSA) is 44.1 Å². The molecule has 0 aliphatic carbocycles. The number of Topliss-reactive ketones (excluding diaryl/α,β-unsaturated/α-hetero) is 1. The second-order valence-electron chi connectivity index (χ2n) is 3.99. The molecule has 3 nitrogen and oxygen atoms in total. The standard InChI is InChI=1S/C11H18N2O/c1-3-10(8-12)13-6-4-5-11(13)7-9(2)14/h10-11H,3-7H2,1-2H3. The second kappa shape index (κ2) is 5.11. The average Bonchev–Trinajstić information content (AvgIpc) is 2.55. The minimum atomic E-state index is 0.00171. The Bertz CT molecular complexity index is 244. The van der Waals surface area contributed by atoms with Gasteiger partial charge in [-0.25, -0.2) is 0 Å². The highest BCUT2D eigenvalue weighted by molar-refractivity contribution is 5.76. The third-order valence-corrected chi connectivity index (χ3v) is 2.88. The molecule has 78 valence electrons. The number of hydrogen-bond donors (Lipinski definition) is 0. The first-order valence-corrected chi connectivity index (χ1v) is 5.33. The molecule has 0 bridgehead atoms. The van der Waals surface area contributed by atoms with Gasteiger partial charge in [0.05, 0.1) is 12.1 Å². The lowest BCUT2D eigenvalue weighted by molar-refractivity contribution is -0.118. The molecular weight excluding hydrogens is 176 g/mol. The highest BCUT2D eigenvalue weighted by Gasteiger charge is 2.30. The fourth-order valence-corrected chi connectivity index (χ4v) is 2.22. The number of likely N-dealkylation sites (tertiary alicyclic amines) is 1. The summed E-state index contributed by atoms with van der Waals surface area (Å²) in [5.74, 6) is 0.231. The van der Waals surface area contributed by atoms with Crippen molar-refractivity contribution in [2.45, 2.75) is 51.6 Å². The van der Waals surface area contributed by atoms with E-state index >= 15 is 0 Å². The van der Waals surface area contributed by atoms with Crippen molar-refractivity contribution in [2.24, 2.45) is 0 Å². The Balaban J connectivity index is 2.59. The van der Waals surface area contributed by atoms with Crippen molar-refractivity contribution in [2.75, 3.05) is 6.54 Å². The summed E-state index contributed by atoms with van der Waals surface area (Å²) < 4.78 is 0. The Morgan fingerprint density at radius 2 is 2.43 bits per heavy atom. The number of nitriles is 1. The molecule has 0 N–H and O–H groups in total. The summed E-state index contributed by atoms with van der Waals surface area (Å²) in [5.41, 5.74) is 0. The summed E-state index contributed by atoms with van der Waals surface area (Å²) in [6.07, 6.45) is 3.65. The largest absolute Gasteiger partial charge is 0.300 e. The summed E-state index contributed by atoms with van der Waals surface area (Å²) in [6, 6.07) is 2.63. The van der Waals surface area contributed by atoms with Crippen molar-refractivity contribution in [1.29, 1.82) is 5.26 Å². The fraction of sp³-hybridized carbons (Fsp3) is 0.818. The predicted octanol–water partition coefficient (Wildman–Crippen LogP) is 1.73. The summed E-state index contributed by atoms with van der Waals surface area (Å²) in [5, 5.41) is 8.96. The van der Waals surface area contributed by atoms with Crippen LogP contribution in [-0.2, 0) is 4.79 Å². The quantitative estimate of drug-likeness (QED) is 0.684. The second-order valence-corrected chi connectivity index (χ2v) is 3.99. The first-order chi connectivity index (χ1) is 6.69. The molecule has 0 spiro atoms. The molecule has 0 aromatic carbocycles. The van der Waals surface area contributed by atoms with E-state index in [-0.39, 0.29) is 11.8 Å². The summed E-state index contributed by atoms with van der Waals surface area (Å²) in [7, 11) is 0. The van der Waals surface area contributed by atoms with E-state index in [9.17, 15) is 4.79 Å². The zero-order chi connectivity index (χ0) is 10.6. The summed E-state index contributed by atoms with van der Waals surface area (Å²) >= 11 is 0. The van der Waals surface area contributed by atoms with Crippen LogP contribution in [0.5, 0.6) is 0 Å². The van der Waals surface area contributed by atoms with Crippen molar-refractivity contribution in [3.63, 3.8) is 0 Å². The van der Waals surface area contributed by atoms with Gasteiger partial charge in [0, 0.05) is 12.5 Å². The number of rotatable bonds is 4. The smallest absolute Gasteiger partial charge is 0.131 e. The highest BCUT2D eigenvalue weighted by Crippen LogP contribution is 2.23. The molecule has 1 rings (SSSR count). The summed E-state index contributed by atoms with van der Waals surface area (Å²) in [4.78, 5) is 13.2. The molecule has 1 saturated heterocycles. The van der Waals surface area contributed by atoms with Crippen molar-refractivity contribution in [1.82, 2.24) is 4.90 Å². The van der Waals surface area contributed by atoms with Crippen LogP contribution in [0.3, 0.4) is 0 Å².